The Kier molecular flexibility index (Phi) is 3.88. The van der Waals surface area contributed by atoms with E-state index >= 15 is 0 Å². The summed E-state index contributed by atoms with van der Waals surface area (Å²) in [5.41, 5.74) is 5.59. The molecule has 5 nitrogen and oxygen atoms in total. The molecule has 0 saturated carbocycles. The van der Waals surface area contributed by atoms with Gasteiger partial charge in [-0.15, -0.1) is 11.8 Å². The van der Waals surface area contributed by atoms with Crippen LogP contribution in [0.5, 0.6) is 11.6 Å². The Bertz CT molecular complexity index is 530. The van der Waals surface area contributed by atoms with Gasteiger partial charge in [-0.3, -0.25) is 0 Å². The lowest BCUT2D eigenvalue weighted by atomic mass is 10.3. The first-order valence-electron chi connectivity index (χ1n) is 5.35. The Morgan fingerprint density at radius 3 is 2.56 bits per heavy atom. The third-order valence-electron chi connectivity index (χ3n) is 2.26. The summed E-state index contributed by atoms with van der Waals surface area (Å²) in [4.78, 5) is 9.19. The highest BCUT2D eigenvalue weighted by molar-refractivity contribution is 7.98. The van der Waals surface area contributed by atoms with Gasteiger partial charge in [-0.1, -0.05) is 0 Å². The molecule has 0 aliphatic heterocycles. The fourth-order valence-electron chi connectivity index (χ4n) is 1.39. The van der Waals surface area contributed by atoms with Crippen molar-refractivity contribution < 1.29 is 4.74 Å². The van der Waals surface area contributed by atoms with Crippen LogP contribution < -0.4 is 15.8 Å². The van der Waals surface area contributed by atoms with Crippen LogP contribution >= 0.6 is 11.8 Å². The lowest BCUT2D eigenvalue weighted by molar-refractivity contribution is 0.462. The first-order chi connectivity index (χ1) is 8.71. The first kappa shape index (κ1) is 12.5. The van der Waals surface area contributed by atoms with Crippen molar-refractivity contribution in [3.05, 3.63) is 30.3 Å². The van der Waals surface area contributed by atoms with Gasteiger partial charge in [-0.25, -0.2) is 0 Å². The van der Waals surface area contributed by atoms with Crippen molar-refractivity contribution in [1.29, 1.82) is 0 Å². The molecule has 3 N–H and O–H groups in total. The second-order valence-corrected chi connectivity index (χ2v) is 4.36. The number of thioether (sulfide) groups is 1. The van der Waals surface area contributed by atoms with Gasteiger partial charge < -0.3 is 15.8 Å². The highest BCUT2D eigenvalue weighted by Crippen LogP contribution is 2.24. The molecule has 0 bridgehead atoms. The molecule has 0 aliphatic carbocycles. The molecule has 0 aliphatic rings. The Labute approximate surface area is 110 Å². The number of ether oxygens (including phenoxy) is 1. The Hall–Kier alpha value is -1.95. The Morgan fingerprint density at radius 1 is 1.22 bits per heavy atom. The van der Waals surface area contributed by atoms with Gasteiger partial charge in [0.2, 0.25) is 11.8 Å². The minimum atomic E-state index is 0.178. The molecule has 1 aromatic carbocycles. The molecule has 0 fully saturated rings. The molecular weight excluding hydrogens is 248 g/mol. The zero-order valence-electron chi connectivity index (χ0n) is 10.2. The van der Waals surface area contributed by atoms with Gasteiger partial charge in [0.05, 0.1) is 0 Å². The molecule has 0 atom stereocenters. The number of hydrogen-bond acceptors (Lipinski definition) is 6. The summed E-state index contributed by atoms with van der Waals surface area (Å²) in [6, 6.07) is 9.46. The van der Waals surface area contributed by atoms with Crippen molar-refractivity contribution in [3.8, 4) is 11.6 Å². The first-order valence-corrected chi connectivity index (χ1v) is 6.58. The normalized spacial score (nSPS) is 10.1. The van der Waals surface area contributed by atoms with E-state index in [2.05, 4.69) is 15.3 Å². The maximum atomic E-state index is 5.62. The van der Waals surface area contributed by atoms with E-state index in [0.717, 1.165) is 0 Å². The van der Waals surface area contributed by atoms with Crippen molar-refractivity contribution in [2.45, 2.75) is 4.90 Å². The van der Waals surface area contributed by atoms with Crippen LogP contribution in [0.4, 0.5) is 11.8 Å². The highest BCUT2D eigenvalue weighted by Gasteiger charge is 2.03. The number of nitrogens with one attached hydrogen (secondary N) is 1. The molecule has 0 saturated heterocycles. The summed E-state index contributed by atoms with van der Waals surface area (Å²) in [6.45, 7) is 0. The molecule has 0 radical (unpaired) electrons. The summed E-state index contributed by atoms with van der Waals surface area (Å²) in [6.07, 6.45) is 2.03. The Balaban J connectivity index is 2.19. The van der Waals surface area contributed by atoms with Crippen molar-refractivity contribution in [1.82, 2.24) is 9.97 Å². The van der Waals surface area contributed by atoms with E-state index in [4.69, 9.17) is 10.5 Å². The van der Waals surface area contributed by atoms with Gasteiger partial charge in [0.1, 0.15) is 11.6 Å². The minimum absolute atomic E-state index is 0.178. The second kappa shape index (κ2) is 5.59. The number of benzene rings is 1. The lowest BCUT2D eigenvalue weighted by Crippen LogP contribution is -2.01. The summed E-state index contributed by atoms with van der Waals surface area (Å²) in [7, 11) is 1.76. The molecule has 0 unspecified atom stereocenters. The molecule has 1 heterocycles. The summed E-state index contributed by atoms with van der Waals surface area (Å²) in [5.74, 6) is 1.94. The van der Waals surface area contributed by atoms with Crippen LogP contribution in [-0.4, -0.2) is 23.3 Å². The van der Waals surface area contributed by atoms with E-state index in [1.807, 2.05) is 30.5 Å². The predicted molar refractivity (Wildman–Crippen MR) is 74.3 cm³/mol. The smallest absolute Gasteiger partial charge is 0.226 e. The minimum Gasteiger partial charge on any atom is -0.439 e. The SMILES string of the molecule is CNc1cc(Oc2ccc(SC)cc2)nc(N)n1. The van der Waals surface area contributed by atoms with Crippen molar-refractivity contribution >= 4 is 23.5 Å². The van der Waals surface area contributed by atoms with Crippen LogP contribution in [0.25, 0.3) is 0 Å². The standard InChI is InChI=1S/C12H14N4OS/c1-14-10-7-11(16-12(13)15-10)17-8-3-5-9(18-2)6-4-8/h3-7H,1-2H3,(H3,13,14,15,16). The van der Waals surface area contributed by atoms with Crippen molar-refractivity contribution in [3.63, 3.8) is 0 Å². The molecule has 0 amide bonds. The third kappa shape index (κ3) is 3.04. The van der Waals surface area contributed by atoms with Gasteiger partial charge in [0.25, 0.3) is 0 Å². The fraction of sp³-hybridized carbons (Fsp3) is 0.167. The van der Waals surface area contributed by atoms with E-state index < -0.39 is 0 Å². The van der Waals surface area contributed by atoms with Crippen LogP contribution in [0, 0.1) is 0 Å². The number of nitrogens with zero attached hydrogens (tertiary/aromatic N) is 2. The van der Waals surface area contributed by atoms with E-state index in [9.17, 15) is 0 Å². The molecule has 2 aromatic rings. The van der Waals surface area contributed by atoms with E-state index in [1.54, 1.807) is 24.9 Å². The fourth-order valence-corrected chi connectivity index (χ4v) is 1.80. The lowest BCUT2D eigenvalue weighted by Gasteiger charge is -2.07. The van der Waals surface area contributed by atoms with Crippen LogP contribution in [0.2, 0.25) is 0 Å². The van der Waals surface area contributed by atoms with Crippen molar-refractivity contribution in [2.75, 3.05) is 24.4 Å². The van der Waals surface area contributed by atoms with Crippen LogP contribution in [0.15, 0.2) is 35.2 Å². The monoisotopic (exact) mass is 262 g/mol. The molecule has 18 heavy (non-hydrogen) atoms. The van der Waals surface area contributed by atoms with Crippen molar-refractivity contribution in [2.24, 2.45) is 0 Å². The van der Waals surface area contributed by atoms with Gasteiger partial charge >= 0.3 is 0 Å². The number of aromatic nitrogens is 2. The predicted octanol–water partition coefficient (Wildman–Crippen LogP) is 2.61. The quantitative estimate of drug-likeness (QED) is 0.825. The second-order valence-electron chi connectivity index (χ2n) is 3.48. The molecule has 6 heteroatoms. The number of rotatable bonds is 4. The molecule has 2 rings (SSSR count). The van der Waals surface area contributed by atoms with E-state index in [-0.39, 0.29) is 5.95 Å². The zero-order chi connectivity index (χ0) is 13.0. The number of anilines is 2. The molecular formula is C12H14N4OS. The number of nitrogens with two attached hydrogens (primary N) is 1. The Morgan fingerprint density at radius 2 is 1.94 bits per heavy atom. The van der Waals surface area contributed by atoms with E-state index in [1.165, 1.54) is 4.90 Å². The van der Waals surface area contributed by atoms with Gasteiger partial charge in [0.15, 0.2) is 0 Å². The van der Waals surface area contributed by atoms with Crippen LogP contribution in [0.1, 0.15) is 0 Å². The summed E-state index contributed by atoms with van der Waals surface area (Å²) in [5, 5.41) is 2.90. The third-order valence-corrected chi connectivity index (χ3v) is 3.00. The van der Waals surface area contributed by atoms with Gasteiger partial charge in [-0.2, -0.15) is 9.97 Å². The zero-order valence-corrected chi connectivity index (χ0v) is 11.0. The molecule has 1 aromatic heterocycles. The molecule has 94 valence electrons. The average molecular weight is 262 g/mol. The topological polar surface area (TPSA) is 73.1 Å². The molecule has 0 spiro atoms. The largest absolute Gasteiger partial charge is 0.439 e. The van der Waals surface area contributed by atoms with Crippen LogP contribution in [-0.2, 0) is 0 Å². The van der Waals surface area contributed by atoms with Gasteiger partial charge in [-0.05, 0) is 30.5 Å². The summed E-state index contributed by atoms with van der Waals surface area (Å²) < 4.78 is 5.62. The maximum absolute atomic E-state index is 5.62. The van der Waals surface area contributed by atoms with E-state index in [0.29, 0.717) is 17.4 Å². The number of hydrogen-bond donors (Lipinski definition) is 2. The average Bonchev–Trinajstić information content (AvgIpc) is 2.39. The summed E-state index contributed by atoms with van der Waals surface area (Å²) >= 11 is 1.68. The van der Waals surface area contributed by atoms with Gasteiger partial charge in [0, 0.05) is 18.0 Å². The maximum Gasteiger partial charge on any atom is 0.226 e. The van der Waals surface area contributed by atoms with Crippen LogP contribution in [0.3, 0.4) is 0 Å². The number of nitrogen functional groups attached to an aromatic ring is 1. The highest BCUT2D eigenvalue weighted by atomic mass is 32.2.